The fraction of sp³-hybridized carbons (Fsp3) is 0.684. The number of aromatic amines is 1. The average Bonchev–Trinajstić information content (AvgIpc) is 3.52. The summed E-state index contributed by atoms with van der Waals surface area (Å²) >= 11 is 0. The average molecular weight is 684 g/mol. The number of nitriles is 1. The molecule has 12 heteroatoms. The summed E-state index contributed by atoms with van der Waals surface area (Å²) in [6, 6.07) is 9.39. The molecule has 0 amide bonds. The van der Waals surface area contributed by atoms with E-state index in [1.165, 1.54) is 19.2 Å². The molecular formula is C38H53N9O3. The SMILES string of the molecule is CC(C)N(C[C@H]1O[C@@H](N2c3ncnc(N)c3NC23CCCCCCCC3)[C@H](O)[C@@H]1O)C1CC(CCc2nc3cc(C4(C#N)CC4)ccc3[nH]2)C1. The summed E-state index contributed by atoms with van der Waals surface area (Å²) in [7, 11) is 0. The van der Waals surface area contributed by atoms with Gasteiger partial charge in [0.15, 0.2) is 17.9 Å². The van der Waals surface area contributed by atoms with Crippen LogP contribution in [0.25, 0.3) is 11.0 Å². The smallest absolute Gasteiger partial charge is 0.162 e. The van der Waals surface area contributed by atoms with Gasteiger partial charge in [-0.15, -0.1) is 0 Å². The molecule has 0 radical (unpaired) electrons. The Morgan fingerprint density at radius 2 is 1.80 bits per heavy atom. The molecule has 12 nitrogen and oxygen atoms in total. The van der Waals surface area contributed by atoms with Gasteiger partial charge < -0.3 is 35.9 Å². The van der Waals surface area contributed by atoms with Gasteiger partial charge in [0.05, 0.1) is 22.5 Å². The molecule has 4 fully saturated rings. The van der Waals surface area contributed by atoms with Gasteiger partial charge in [0.1, 0.15) is 41.8 Å². The molecule has 0 bridgehead atoms. The van der Waals surface area contributed by atoms with Crippen molar-refractivity contribution in [2.24, 2.45) is 5.92 Å². The van der Waals surface area contributed by atoms with Crippen LogP contribution in [0.1, 0.15) is 109 Å². The third-order valence-corrected chi connectivity index (χ3v) is 12.5. The molecule has 0 unspecified atom stereocenters. The molecule has 2 aliphatic heterocycles. The van der Waals surface area contributed by atoms with Crippen LogP contribution >= 0.6 is 0 Å². The fourth-order valence-corrected chi connectivity index (χ4v) is 9.28. The predicted molar refractivity (Wildman–Crippen MR) is 192 cm³/mol. The van der Waals surface area contributed by atoms with Crippen LogP contribution in [0.15, 0.2) is 24.5 Å². The standard InChI is InChI=1S/C38H53N9O3/c1-23(2)46(26-17-24(18-26)9-12-30-43-27-11-10-25(19-28(27)44-30)37(21-39)15-16-37)20-29-32(48)33(49)36(50-29)47-35-31(34(40)41-22-42-35)45-38(47)13-7-5-3-4-6-8-14-38/h10-11,19,22-24,26,29,32-33,36,45,48-49H,3-9,12-18,20H2,1-2H3,(H,43,44)(H2,40,41,42)/t24?,26?,29-,32-,33-,36-/m1/s1. The van der Waals surface area contributed by atoms with Crippen LogP contribution in [0, 0.1) is 17.2 Å². The van der Waals surface area contributed by atoms with Crippen LogP contribution in [-0.2, 0) is 16.6 Å². The van der Waals surface area contributed by atoms with Crippen molar-refractivity contribution < 1.29 is 14.9 Å². The maximum absolute atomic E-state index is 11.6. The highest BCUT2D eigenvalue weighted by molar-refractivity contribution is 5.83. The number of rotatable bonds is 9. The number of fused-ring (bicyclic) bond motifs is 2. The lowest BCUT2D eigenvalue weighted by molar-refractivity contribution is -0.0466. The third kappa shape index (κ3) is 6.00. The van der Waals surface area contributed by atoms with Crippen molar-refractivity contribution >= 4 is 28.4 Å². The van der Waals surface area contributed by atoms with Crippen molar-refractivity contribution in [3.8, 4) is 6.07 Å². The Hall–Kier alpha value is -3.50. The molecule has 1 saturated heterocycles. The molecule has 8 rings (SSSR count). The number of imidazole rings is 1. The number of nitrogens with zero attached hydrogens (tertiary/aromatic N) is 6. The van der Waals surface area contributed by atoms with Crippen molar-refractivity contribution in [1.29, 1.82) is 5.26 Å². The Morgan fingerprint density at radius 1 is 1.06 bits per heavy atom. The van der Waals surface area contributed by atoms with E-state index in [1.54, 1.807) is 0 Å². The number of nitrogens with one attached hydrogen (secondary N) is 2. The Bertz CT molecular complexity index is 1720. The number of aryl methyl sites for hydroxylation is 1. The number of H-pyrrole nitrogens is 1. The van der Waals surface area contributed by atoms with Gasteiger partial charge >= 0.3 is 0 Å². The van der Waals surface area contributed by atoms with Gasteiger partial charge in [-0.25, -0.2) is 15.0 Å². The fourth-order valence-electron chi connectivity index (χ4n) is 9.28. The zero-order chi connectivity index (χ0) is 34.6. The normalized spacial score (nSPS) is 30.1. The van der Waals surface area contributed by atoms with Crippen molar-refractivity contribution in [2.75, 3.05) is 22.5 Å². The molecule has 268 valence electrons. The monoisotopic (exact) mass is 683 g/mol. The van der Waals surface area contributed by atoms with E-state index in [-0.39, 0.29) is 11.5 Å². The van der Waals surface area contributed by atoms with Crippen LogP contribution < -0.4 is 16.0 Å². The highest BCUT2D eigenvalue weighted by Crippen LogP contribution is 2.50. The predicted octanol–water partition coefficient (Wildman–Crippen LogP) is 5.12. The highest BCUT2D eigenvalue weighted by atomic mass is 16.6. The summed E-state index contributed by atoms with van der Waals surface area (Å²) in [4.78, 5) is 21.8. The number of aliphatic hydroxyl groups is 2. The van der Waals surface area contributed by atoms with Crippen molar-refractivity contribution in [3.63, 3.8) is 0 Å². The maximum atomic E-state index is 11.6. The molecule has 3 aliphatic carbocycles. The summed E-state index contributed by atoms with van der Waals surface area (Å²) in [5, 5.41) is 36.4. The number of anilines is 3. The quantitative estimate of drug-likeness (QED) is 0.203. The van der Waals surface area contributed by atoms with E-state index in [2.05, 4.69) is 68.2 Å². The maximum Gasteiger partial charge on any atom is 0.162 e. The number of nitrogens with two attached hydrogens (primary N) is 1. The van der Waals surface area contributed by atoms with Crippen LogP contribution in [0.3, 0.4) is 0 Å². The molecule has 50 heavy (non-hydrogen) atoms. The van der Waals surface area contributed by atoms with E-state index in [1.807, 2.05) is 0 Å². The second-order valence-corrected chi connectivity index (χ2v) is 16.1. The summed E-state index contributed by atoms with van der Waals surface area (Å²) in [5.41, 5.74) is 9.33. The lowest BCUT2D eigenvalue weighted by Crippen LogP contribution is -2.58. The van der Waals surface area contributed by atoms with Crippen LogP contribution in [0.5, 0.6) is 0 Å². The van der Waals surface area contributed by atoms with E-state index in [0.29, 0.717) is 35.8 Å². The van der Waals surface area contributed by atoms with Crippen LogP contribution in [0.4, 0.5) is 17.3 Å². The lowest BCUT2D eigenvalue weighted by atomic mass is 9.76. The number of hydrogen-bond acceptors (Lipinski definition) is 11. The minimum Gasteiger partial charge on any atom is -0.387 e. The zero-order valence-corrected chi connectivity index (χ0v) is 29.5. The molecule has 5 aliphatic rings. The van der Waals surface area contributed by atoms with Gasteiger partial charge in [0, 0.05) is 25.0 Å². The molecule has 3 saturated carbocycles. The Morgan fingerprint density at radius 3 is 2.50 bits per heavy atom. The molecular weight excluding hydrogens is 630 g/mol. The first-order chi connectivity index (χ1) is 24.2. The first-order valence-corrected chi connectivity index (χ1v) is 19.1. The second kappa shape index (κ2) is 13.2. The molecule has 6 N–H and O–H groups in total. The number of hydrogen-bond donors (Lipinski definition) is 5. The van der Waals surface area contributed by atoms with E-state index in [9.17, 15) is 15.5 Å². The zero-order valence-electron chi connectivity index (χ0n) is 29.5. The molecule has 3 aromatic rings. The van der Waals surface area contributed by atoms with Crippen LogP contribution in [0.2, 0.25) is 0 Å². The van der Waals surface area contributed by atoms with Crippen LogP contribution in [-0.4, -0.2) is 83.9 Å². The minimum absolute atomic E-state index is 0.267. The number of nitrogen functional groups attached to an aromatic ring is 1. The van der Waals surface area contributed by atoms with Gasteiger partial charge in [-0.05, 0) is 95.2 Å². The molecule has 4 heterocycles. The summed E-state index contributed by atoms with van der Waals surface area (Å²) in [5.74, 6) is 2.65. The molecule has 1 spiro atoms. The Kier molecular flexibility index (Phi) is 8.90. The number of benzene rings is 1. The topological polar surface area (TPSA) is 172 Å². The first kappa shape index (κ1) is 33.6. The van der Waals surface area contributed by atoms with Gasteiger partial charge in [-0.2, -0.15) is 5.26 Å². The van der Waals surface area contributed by atoms with E-state index >= 15 is 0 Å². The van der Waals surface area contributed by atoms with Gasteiger partial charge in [-0.3, -0.25) is 4.90 Å². The minimum atomic E-state index is -1.09. The number of aliphatic hydroxyl groups excluding tert-OH is 2. The second-order valence-electron chi connectivity index (χ2n) is 16.1. The largest absolute Gasteiger partial charge is 0.387 e. The lowest BCUT2D eigenvalue weighted by Gasteiger charge is -2.46. The van der Waals surface area contributed by atoms with E-state index in [0.717, 1.165) is 99.5 Å². The molecule has 2 aromatic heterocycles. The Balaban J connectivity index is 0.919. The number of ether oxygens (including phenoxy) is 1. The Labute approximate surface area is 294 Å². The summed E-state index contributed by atoms with van der Waals surface area (Å²) < 4.78 is 6.71. The summed E-state index contributed by atoms with van der Waals surface area (Å²) in [6.07, 6.45) is 12.7. The van der Waals surface area contributed by atoms with Crippen molar-refractivity contribution in [1.82, 2.24) is 24.8 Å². The first-order valence-electron chi connectivity index (χ1n) is 19.1. The van der Waals surface area contributed by atoms with E-state index in [4.69, 9.17) is 15.5 Å². The highest BCUT2D eigenvalue weighted by Gasteiger charge is 2.56. The third-order valence-electron chi connectivity index (χ3n) is 12.5. The number of aromatic nitrogens is 4. The van der Waals surface area contributed by atoms with E-state index < -0.39 is 30.2 Å². The van der Waals surface area contributed by atoms with Crippen molar-refractivity contribution in [2.45, 2.75) is 151 Å². The molecule has 4 atom stereocenters. The van der Waals surface area contributed by atoms with Crippen molar-refractivity contribution in [3.05, 3.63) is 35.9 Å². The van der Waals surface area contributed by atoms with Gasteiger partial charge in [0.25, 0.3) is 0 Å². The van der Waals surface area contributed by atoms with Gasteiger partial charge in [0.2, 0.25) is 0 Å². The summed E-state index contributed by atoms with van der Waals surface area (Å²) in [6.45, 7) is 4.96. The molecule has 1 aromatic carbocycles. The van der Waals surface area contributed by atoms with Gasteiger partial charge in [-0.1, -0.05) is 31.7 Å².